The standard InChI is InChI=1S/C19H22N4O3S2/c1-4-13(3)20-18(24)21-14-7-10-17-16(11-14)22-19(27-17)23-28(25,26)15-8-5-12(2)6-9-15/h5-11,13H,4H2,1-3H3,(H,22,23)(H2,20,21,24). The van der Waals surface area contributed by atoms with E-state index >= 15 is 0 Å². The number of sulfonamides is 1. The van der Waals surface area contributed by atoms with Crippen molar-refractivity contribution >= 4 is 48.4 Å². The van der Waals surface area contributed by atoms with E-state index in [1.54, 1.807) is 42.5 Å². The van der Waals surface area contributed by atoms with E-state index in [4.69, 9.17) is 0 Å². The van der Waals surface area contributed by atoms with Crippen LogP contribution in [0.5, 0.6) is 0 Å². The van der Waals surface area contributed by atoms with Crippen molar-refractivity contribution in [1.29, 1.82) is 0 Å². The van der Waals surface area contributed by atoms with Gasteiger partial charge in [-0.1, -0.05) is 36.0 Å². The Morgan fingerprint density at radius 1 is 1.18 bits per heavy atom. The van der Waals surface area contributed by atoms with Gasteiger partial charge in [0.1, 0.15) is 0 Å². The van der Waals surface area contributed by atoms with E-state index in [0.717, 1.165) is 16.7 Å². The summed E-state index contributed by atoms with van der Waals surface area (Å²) in [5.74, 6) is 0. The zero-order chi connectivity index (χ0) is 20.3. The zero-order valence-electron chi connectivity index (χ0n) is 15.8. The highest BCUT2D eigenvalue weighted by molar-refractivity contribution is 7.93. The number of nitrogens with one attached hydrogen (secondary N) is 3. The molecule has 0 fully saturated rings. The van der Waals surface area contributed by atoms with Crippen LogP contribution in [0.1, 0.15) is 25.8 Å². The first kappa shape index (κ1) is 20.1. The molecule has 0 spiro atoms. The number of carbonyl (C=O) groups excluding carboxylic acids is 1. The van der Waals surface area contributed by atoms with Gasteiger partial charge in [-0.15, -0.1) is 0 Å². The monoisotopic (exact) mass is 418 g/mol. The molecule has 3 N–H and O–H groups in total. The van der Waals surface area contributed by atoms with E-state index in [1.807, 2.05) is 20.8 Å². The summed E-state index contributed by atoms with van der Waals surface area (Å²) in [7, 11) is -3.71. The Bertz CT molecular complexity index is 1090. The van der Waals surface area contributed by atoms with Crippen molar-refractivity contribution in [2.24, 2.45) is 0 Å². The van der Waals surface area contributed by atoms with Gasteiger partial charge in [-0.05, 0) is 50.6 Å². The van der Waals surface area contributed by atoms with Crippen LogP contribution in [0.3, 0.4) is 0 Å². The minimum atomic E-state index is -3.71. The van der Waals surface area contributed by atoms with Crippen molar-refractivity contribution in [3.63, 3.8) is 0 Å². The van der Waals surface area contributed by atoms with Crippen LogP contribution < -0.4 is 15.4 Å². The molecule has 2 amide bonds. The fraction of sp³-hybridized carbons (Fsp3) is 0.263. The Kier molecular flexibility index (Phi) is 5.85. The average Bonchev–Trinajstić information content (AvgIpc) is 3.02. The highest BCUT2D eigenvalue weighted by atomic mass is 32.2. The number of rotatable bonds is 6. The van der Waals surface area contributed by atoms with E-state index < -0.39 is 10.0 Å². The highest BCUT2D eigenvalue weighted by Crippen LogP contribution is 2.29. The van der Waals surface area contributed by atoms with Crippen molar-refractivity contribution in [2.45, 2.75) is 38.1 Å². The highest BCUT2D eigenvalue weighted by Gasteiger charge is 2.16. The minimum absolute atomic E-state index is 0.0748. The molecule has 7 nitrogen and oxygen atoms in total. The third kappa shape index (κ3) is 4.79. The summed E-state index contributed by atoms with van der Waals surface area (Å²) in [5, 5.41) is 5.86. The number of amides is 2. The molecule has 0 saturated carbocycles. The predicted molar refractivity (Wildman–Crippen MR) is 114 cm³/mol. The lowest BCUT2D eigenvalue weighted by Crippen LogP contribution is -2.35. The number of urea groups is 1. The number of aryl methyl sites for hydroxylation is 1. The molecule has 1 unspecified atom stereocenters. The molecule has 2 aromatic carbocycles. The maximum absolute atomic E-state index is 12.5. The number of carbonyl (C=O) groups is 1. The molecule has 9 heteroatoms. The maximum Gasteiger partial charge on any atom is 0.319 e. The molecule has 3 rings (SSSR count). The van der Waals surface area contributed by atoms with E-state index in [0.29, 0.717) is 11.2 Å². The SMILES string of the molecule is CCC(C)NC(=O)Nc1ccc2sc(NS(=O)(=O)c3ccc(C)cc3)nc2c1. The second-order valence-electron chi connectivity index (χ2n) is 6.53. The van der Waals surface area contributed by atoms with E-state index in [1.165, 1.54) is 11.3 Å². The summed E-state index contributed by atoms with van der Waals surface area (Å²) >= 11 is 1.23. The summed E-state index contributed by atoms with van der Waals surface area (Å²) in [6.45, 7) is 5.81. The molecule has 28 heavy (non-hydrogen) atoms. The quantitative estimate of drug-likeness (QED) is 0.555. The lowest BCUT2D eigenvalue weighted by atomic mass is 10.2. The zero-order valence-corrected chi connectivity index (χ0v) is 17.4. The smallest absolute Gasteiger partial charge is 0.319 e. The summed E-state index contributed by atoms with van der Waals surface area (Å²) in [6.07, 6.45) is 0.836. The molecule has 1 atom stereocenters. The maximum atomic E-state index is 12.5. The predicted octanol–water partition coefficient (Wildman–Crippen LogP) is 4.33. The van der Waals surface area contributed by atoms with Crippen LogP contribution in [0.25, 0.3) is 10.2 Å². The normalized spacial score (nSPS) is 12.5. The molecule has 0 aliphatic heterocycles. The van der Waals surface area contributed by atoms with Crippen LogP contribution in [0, 0.1) is 6.92 Å². The number of aromatic nitrogens is 1. The van der Waals surface area contributed by atoms with Crippen molar-refractivity contribution in [3.05, 3.63) is 48.0 Å². The van der Waals surface area contributed by atoms with Gasteiger partial charge in [0.25, 0.3) is 10.0 Å². The van der Waals surface area contributed by atoms with Gasteiger partial charge in [0.2, 0.25) is 0 Å². The molecule has 148 valence electrons. The van der Waals surface area contributed by atoms with Gasteiger partial charge in [0, 0.05) is 11.7 Å². The first-order chi connectivity index (χ1) is 13.3. The molecule has 0 aliphatic carbocycles. The lowest BCUT2D eigenvalue weighted by Gasteiger charge is -2.12. The number of benzene rings is 2. The van der Waals surface area contributed by atoms with Crippen molar-refractivity contribution in [3.8, 4) is 0 Å². The number of hydrogen-bond donors (Lipinski definition) is 3. The van der Waals surface area contributed by atoms with Gasteiger partial charge in [-0.3, -0.25) is 4.72 Å². The van der Waals surface area contributed by atoms with Crippen LogP contribution in [-0.4, -0.2) is 25.5 Å². The molecule has 3 aromatic rings. The average molecular weight is 419 g/mol. The van der Waals surface area contributed by atoms with Gasteiger partial charge in [0.15, 0.2) is 5.13 Å². The third-order valence-electron chi connectivity index (χ3n) is 4.19. The largest absolute Gasteiger partial charge is 0.335 e. The minimum Gasteiger partial charge on any atom is -0.335 e. The van der Waals surface area contributed by atoms with Gasteiger partial charge >= 0.3 is 6.03 Å². The van der Waals surface area contributed by atoms with Crippen molar-refractivity contribution < 1.29 is 13.2 Å². The van der Waals surface area contributed by atoms with Gasteiger partial charge in [-0.25, -0.2) is 18.2 Å². The van der Waals surface area contributed by atoms with Crippen LogP contribution in [0.4, 0.5) is 15.6 Å². The molecular formula is C19H22N4O3S2. The fourth-order valence-electron chi connectivity index (χ4n) is 2.43. The summed E-state index contributed by atoms with van der Waals surface area (Å²) in [4.78, 5) is 16.5. The molecule has 1 heterocycles. The Morgan fingerprint density at radius 2 is 1.89 bits per heavy atom. The molecule has 0 aliphatic rings. The van der Waals surface area contributed by atoms with Gasteiger partial charge in [0.05, 0.1) is 15.1 Å². The Labute approximate surface area is 168 Å². The van der Waals surface area contributed by atoms with E-state index in [2.05, 4.69) is 20.3 Å². The first-order valence-electron chi connectivity index (χ1n) is 8.84. The fourth-order valence-corrected chi connectivity index (χ4v) is 4.51. The van der Waals surface area contributed by atoms with E-state index in [9.17, 15) is 13.2 Å². The van der Waals surface area contributed by atoms with Crippen molar-refractivity contribution in [2.75, 3.05) is 10.0 Å². The first-order valence-corrected chi connectivity index (χ1v) is 11.1. The third-order valence-corrected chi connectivity index (χ3v) is 6.62. The number of nitrogens with zero attached hydrogens (tertiary/aromatic N) is 1. The van der Waals surface area contributed by atoms with Crippen LogP contribution in [0.15, 0.2) is 47.4 Å². The Balaban J connectivity index is 1.77. The number of fused-ring (bicyclic) bond motifs is 1. The van der Waals surface area contributed by atoms with Gasteiger partial charge in [-0.2, -0.15) is 0 Å². The Hall–Kier alpha value is -2.65. The number of thiazole rings is 1. The molecule has 0 saturated heterocycles. The number of anilines is 2. The second-order valence-corrected chi connectivity index (χ2v) is 9.24. The summed E-state index contributed by atoms with van der Waals surface area (Å²) in [6, 6.07) is 11.7. The summed E-state index contributed by atoms with van der Waals surface area (Å²) < 4.78 is 28.4. The van der Waals surface area contributed by atoms with Crippen molar-refractivity contribution in [1.82, 2.24) is 10.3 Å². The topological polar surface area (TPSA) is 100 Å². The second kappa shape index (κ2) is 8.15. The molecule has 0 radical (unpaired) electrons. The molecular weight excluding hydrogens is 396 g/mol. The van der Waals surface area contributed by atoms with Crippen LogP contribution in [0.2, 0.25) is 0 Å². The lowest BCUT2D eigenvalue weighted by molar-refractivity contribution is 0.249. The summed E-state index contributed by atoms with van der Waals surface area (Å²) in [5.41, 5.74) is 2.18. The van der Waals surface area contributed by atoms with E-state index in [-0.39, 0.29) is 22.1 Å². The van der Waals surface area contributed by atoms with Gasteiger partial charge < -0.3 is 10.6 Å². The van der Waals surface area contributed by atoms with Crippen LogP contribution in [-0.2, 0) is 10.0 Å². The Morgan fingerprint density at radius 3 is 2.57 bits per heavy atom. The van der Waals surface area contributed by atoms with Crippen LogP contribution >= 0.6 is 11.3 Å². The molecule has 1 aromatic heterocycles. The number of hydrogen-bond acceptors (Lipinski definition) is 5. The molecule has 0 bridgehead atoms.